The second-order valence-corrected chi connectivity index (χ2v) is 6.18. The Morgan fingerprint density at radius 2 is 2.17 bits per heavy atom. The van der Waals surface area contributed by atoms with E-state index in [2.05, 4.69) is 11.9 Å². The van der Waals surface area contributed by atoms with E-state index in [1.54, 1.807) is 12.1 Å². The highest BCUT2D eigenvalue weighted by Gasteiger charge is 2.21. The Hall–Kier alpha value is -2.83. The first kappa shape index (κ1) is 16.0. The first-order valence-electron chi connectivity index (χ1n) is 7.84. The van der Waals surface area contributed by atoms with Crippen LogP contribution in [0.4, 0.5) is 4.79 Å². The maximum Gasteiger partial charge on any atom is 0.338 e. The number of carbonyl (C=O) groups is 3. The fourth-order valence-electron chi connectivity index (χ4n) is 3.11. The molecule has 0 spiro atoms. The van der Waals surface area contributed by atoms with Crippen molar-refractivity contribution in [3.63, 3.8) is 0 Å². The molecular formula is C17H19N3O4. The summed E-state index contributed by atoms with van der Waals surface area (Å²) in [6, 6.07) is 4.31. The van der Waals surface area contributed by atoms with Crippen LogP contribution in [-0.2, 0) is 22.4 Å². The molecule has 1 atom stereocenters. The van der Waals surface area contributed by atoms with Crippen LogP contribution in [0.1, 0.15) is 35.0 Å². The number of rotatable bonds is 3. The zero-order chi connectivity index (χ0) is 17.3. The molecule has 126 valence electrons. The Bertz CT molecular complexity index is 825. The highest BCUT2D eigenvalue weighted by atomic mass is 16.5. The number of fused-ring (bicyclic) bond motifs is 3. The minimum Gasteiger partial charge on any atom is -0.452 e. The van der Waals surface area contributed by atoms with E-state index in [-0.39, 0.29) is 0 Å². The van der Waals surface area contributed by atoms with Crippen LogP contribution >= 0.6 is 0 Å². The van der Waals surface area contributed by atoms with Crippen molar-refractivity contribution in [2.24, 2.45) is 11.7 Å². The zero-order valence-electron chi connectivity index (χ0n) is 13.3. The fourth-order valence-corrected chi connectivity index (χ4v) is 3.11. The maximum atomic E-state index is 12.1. The number of hydrogen-bond acceptors (Lipinski definition) is 4. The SMILES string of the molecule is C[C@@H]1CCc2[nH]c3ccc(C(=O)OCC(=O)NC(N)=O)cc3c2C1. The van der Waals surface area contributed by atoms with Crippen molar-refractivity contribution in [3.05, 3.63) is 35.0 Å². The standard InChI is InChI=1S/C17H19N3O4/c1-9-2-4-13-11(6-9)12-7-10(3-5-14(12)19-13)16(22)24-8-15(21)20-17(18)23/h3,5,7,9,19H,2,4,6,8H2,1H3,(H3,18,20,21,23)/t9-/m1/s1. The van der Waals surface area contributed by atoms with Gasteiger partial charge in [0.1, 0.15) is 0 Å². The number of esters is 1. The monoisotopic (exact) mass is 329 g/mol. The van der Waals surface area contributed by atoms with Crippen LogP contribution in [0.5, 0.6) is 0 Å². The predicted octanol–water partition coefficient (Wildman–Crippen LogP) is 1.64. The van der Waals surface area contributed by atoms with Crippen LogP contribution in [0, 0.1) is 5.92 Å². The summed E-state index contributed by atoms with van der Waals surface area (Å²) in [5, 5.41) is 2.86. The van der Waals surface area contributed by atoms with E-state index < -0.39 is 24.5 Å². The summed E-state index contributed by atoms with van der Waals surface area (Å²) < 4.78 is 4.91. The molecule has 1 heterocycles. The summed E-state index contributed by atoms with van der Waals surface area (Å²) in [5.74, 6) is -0.760. The number of carbonyl (C=O) groups excluding carboxylic acids is 3. The minimum atomic E-state index is -0.981. The third-order valence-corrected chi connectivity index (χ3v) is 4.27. The lowest BCUT2D eigenvalue weighted by Gasteiger charge is -2.18. The van der Waals surface area contributed by atoms with E-state index in [1.807, 2.05) is 11.4 Å². The summed E-state index contributed by atoms with van der Waals surface area (Å²) >= 11 is 0. The number of primary amides is 1. The second-order valence-electron chi connectivity index (χ2n) is 6.18. The van der Waals surface area contributed by atoms with Gasteiger partial charge in [-0.1, -0.05) is 6.92 Å². The van der Waals surface area contributed by atoms with Gasteiger partial charge in [0.05, 0.1) is 5.56 Å². The van der Waals surface area contributed by atoms with E-state index in [4.69, 9.17) is 10.5 Å². The smallest absolute Gasteiger partial charge is 0.338 e. The molecule has 0 saturated carbocycles. The molecule has 0 bridgehead atoms. The maximum absolute atomic E-state index is 12.1. The Morgan fingerprint density at radius 3 is 2.92 bits per heavy atom. The third-order valence-electron chi connectivity index (χ3n) is 4.27. The molecule has 0 saturated heterocycles. The molecule has 1 aromatic heterocycles. The van der Waals surface area contributed by atoms with Crippen LogP contribution < -0.4 is 11.1 Å². The van der Waals surface area contributed by atoms with E-state index >= 15 is 0 Å². The van der Waals surface area contributed by atoms with Gasteiger partial charge in [-0.3, -0.25) is 10.1 Å². The number of urea groups is 1. The molecule has 1 aliphatic rings. The molecule has 24 heavy (non-hydrogen) atoms. The van der Waals surface area contributed by atoms with Crippen molar-refractivity contribution in [3.8, 4) is 0 Å². The van der Waals surface area contributed by atoms with Gasteiger partial charge in [-0.2, -0.15) is 0 Å². The van der Waals surface area contributed by atoms with Gasteiger partial charge in [0, 0.05) is 16.6 Å². The normalized spacial score (nSPS) is 16.5. The van der Waals surface area contributed by atoms with E-state index in [1.165, 1.54) is 11.3 Å². The lowest BCUT2D eigenvalue weighted by Crippen LogP contribution is -2.37. The van der Waals surface area contributed by atoms with Crippen molar-refractivity contribution in [1.29, 1.82) is 0 Å². The van der Waals surface area contributed by atoms with Gasteiger partial charge in [-0.25, -0.2) is 9.59 Å². The number of hydrogen-bond donors (Lipinski definition) is 3. The van der Waals surface area contributed by atoms with Crippen LogP contribution in [0.3, 0.4) is 0 Å². The van der Waals surface area contributed by atoms with E-state index in [0.717, 1.165) is 30.2 Å². The molecule has 7 nitrogen and oxygen atoms in total. The summed E-state index contributed by atoms with van der Waals surface area (Å²) in [6.07, 6.45) is 3.15. The molecule has 0 unspecified atom stereocenters. The number of nitrogens with two attached hydrogens (primary N) is 1. The Morgan fingerprint density at radius 1 is 1.38 bits per heavy atom. The van der Waals surface area contributed by atoms with Crippen LogP contribution in [0.15, 0.2) is 18.2 Å². The number of aromatic amines is 1. The number of imide groups is 1. The van der Waals surface area contributed by atoms with Crippen LogP contribution in [-0.4, -0.2) is 29.5 Å². The molecule has 1 aliphatic carbocycles. The third kappa shape index (κ3) is 3.24. The van der Waals surface area contributed by atoms with Gasteiger partial charge in [0.2, 0.25) is 0 Å². The first-order valence-corrected chi connectivity index (χ1v) is 7.84. The molecule has 0 fully saturated rings. The highest BCUT2D eigenvalue weighted by Crippen LogP contribution is 2.32. The second kappa shape index (κ2) is 6.35. The number of nitrogens with one attached hydrogen (secondary N) is 2. The molecule has 3 amide bonds. The fraction of sp³-hybridized carbons (Fsp3) is 0.353. The van der Waals surface area contributed by atoms with Crippen molar-refractivity contribution in [2.45, 2.75) is 26.2 Å². The highest BCUT2D eigenvalue weighted by molar-refractivity contribution is 5.98. The van der Waals surface area contributed by atoms with Gasteiger partial charge >= 0.3 is 12.0 Å². The predicted molar refractivity (Wildman–Crippen MR) is 87.5 cm³/mol. The molecule has 4 N–H and O–H groups in total. The van der Waals surface area contributed by atoms with Gasteiger partial charge in [-0.05, 0) is 48.9 Å². The molecule has 2 aromatic rings. The quantitative estimate of drug-likeness (QED) is 0.743. The van der Waals surface area contributed by atoms with Gasteiger partial charge in [0.15, 0.2) is 6.61 Å². The van der Waals surface area contributed by atoms with Crippen LogP contribution in [0.2, 0.25) is 0 Å². The zero-order valence-corrected chi connectivity index (χ0v) is 13.3. The summed E-state index contributed by atoms with van der Waals surface area (Å²) in [7, 11) is 0. The average molecular weight is 329 g/mol. The minimum absolute atomic E-state index is 0.370. The Balaban J connectivity index is 1.77. The van der Waals surface area contributed by atoms with Gasteiger partial charge in [-0.15, -0.1) is 0 Å². The molecular weight excluding hydrogens is 310 g/mol. The summed E-state index contributed by atoms with van der Waals surface area (Å²) in [5.41, 5.74) is 8.68. The molecule has 3 rings (SSSR count). The average Bonchev–Trinajstić information content (AvgIpc) is 2.89. The van der Waals surface area contributed by atoms with Crippen molar-refractivity contribution < 1.29 is 19.1 Å². The van der Waals surface area contributed by atoms with Gasteiger partial charge < -0.3 is 15.5 Å². The molecule has 0 aliphatic heterocycles. The topological polar surface area (TPSA) is 114 Å². The summed E-state index contributed by atoms with van der Waals surface area (Å²) in [6.45, 7) is 1.67. The molecule has 7 heteroatoms. The van der Waals surface area contributed by atoms with E-state index in [9.17, 15) is 14.4 Å². The first-order chi connectivity index (χ1) is 11.4. The van der Waals surface area contributed by atoms with Crippen molar-refractivity contribution in [1.82, 2.24) is 10.3 Å². The number of amides is 3. The number of aromatic nitrogens is 1. The lowest BCUT2D eigenvalue weighted by atomic mass is 9.87. The van der Waals surface area contributed by atoms with Crippen molar-refractivity contribution >= 4 is 28.8 Å². The van der Waals surface area contributed by atoms with Crippen LogP contribution in [0.25, 0.3) is 10.9 Å². The lowest BCUT2D eigenvalue weighted by molar-refractivity contribution is -0.123. The van der Waals surface area contributed by atoms with Gasteiger partial charge in [0.25, 0.3) is 5.91 Å². The number of benzene rings is 1. The number of ether oxygens (including phenoxy) is 1. The van der Waals surface area contributed by atoms with E-state index in [0.29, 0.717) is 11.5 Å². The van der Waals surface area contributed by atoms with Crippen molar-refractivity contribution in [2.75, 3.05) is 6.61 Å². The Labute approximate surface area is 138 Å². The molecule has 0 radical (unpaired) electrons. The molecule has 1 aromatic carbocycles. The number of H-pyrrole nitrogens is 1. The Kier molecular flexibility index (Phi) is 4.24. The largest absolute Gasteiger partial charge is 0.452 e. The number of aryl methyl sites for hydroxylation is 1. The summed E-state index contributed by atoms with van der Waals surface area (Å²) in [4.78, 5) is 37.4.